The van der Waals surface area contributed by atoms with E-state index in [1.54, 1.807) is 0 Å². The number of esters is 1. The van der Waals surface area contributed by atoms with Gasteiger partial charge in [0.05, 0.1) is 30.5 Å². The van der Waals surface area contributed by atoms with Gasteiger partial charge in [-0.15, -0.1) is 0 Å². The van der Waals surface area contributed by atoms with E-state index in [-0.39, 0.29) is 40.1 Å². The van der Waals surface area contributed by atoms with E-state index in [1.165, 1.54) is 30.4 Å². The van der Waals surface area contributed by atoms with E-state index in [4.69, 9.17) is 13.6 Å². The molecule has 1 N–H and O–H groups in total. The molecule has 1 saturated carbocycles. The van der Waals surface area contributed by atoms with Crippen LogP contribution in [0, 0.1) is 5.92 Å². The number of aryl methyl sites for hydroxylation is 1. The lowest BCUT2D eigenvalue weighted by molar-refractivity contribution is 0.0526. The highest BCUT2D eigenvalue weighted by molar-refractivity contribution is 6.74. The molecule has 0 saturated heterocycles. The smallest absolute Gasteiger partial charge is 0.338 e. The zero-order chi connectivity index (χ0) is 35.9. The molecule has 1 aliphatic rings. The summed E-state index contributed by atoms with van der Waals surface area (Å²) in [5.41, 5.74) is 4.24. The SMILES string of the molecule is CCCCCC(O[Si](C)(C)C(C)(C)C)c1ccc([C@@H]2C(CCCc3cccc(C(=O)OCC)c3)[C@@H](O)C[C@H]2O[Si](C)(C)C(C)(C)C)cc1. The van der Waals surface area contributed by atoms with E-state index < -0.39 is 22.7 Å². The fourth-order valence-corrected chi connectivity index (χ4v) is 9.21. The number of aliphatic hydroxyl groups excluding tert-OH is 1. The molecule has 0 radical (unpaired) electrons. The first kappa shape index (κ1) is 40.7. The largest absolute Gasteiger partial charge is 0.462 e. The quantitative estimate of drug-likeness (QED) is 0.107. The molecule has 0 aliphatic heterocycles. The first-order chi connectivity index (χ1) is 22.3. The molecular formula is C41H68O5Si2. The second kappa shape index (κ2) is 17.0. The summed E-state index contributed by atoms with van der Waals surface area (Å²) >= 11 is 0. The molecule has 5 atom stereocenters. The van der Waals surface area contributed by atoms with Crippen LogP contribution in [-0.2, 0) is 20.0 Å². The van der Waals surface area contributed by atoms with E-state index >= 15 is 0 Å². The minimum Gasteiger partial charge on any atom is -0.462 e. The first-order valence-electron chi connectivity index (χ1n) is 18.7. The van der Waals surface area contributed by atoms with E-state index in [0.717, 1.165) is 31.2 Å². The summed E-state index contributed by atoms with van der Waals surface area (Å²) in [6, 6.07) is 17.0. The summed E-state index contributed by atoms with van der Waals surface area (Å²) in [4.78, 5) is 12.3. The van der Waals surface area contributed by atoms with Crippen molar-refractivity contribution in [2.75, 3.05) is 6.61 Å². The Morgan fingerprint density at radius 2 is 1.54 bits per heavy atom. The Labute approximate surface area is 295 Å². The van der Waals surface area contributed by atoms with Crippen LogP contribution in [-0.4, -0.2) is 46.5 Å². The van der Waals surface area contributed by atoms with Crippen molar-refractivity contribution in [3.8, 4) is 0 Å². The summed E-state index contributed by atoms with van der Waals surface area (Å²) in [6.45, 7) is 27.6. The predicted octanol–water partition coefficient (Wildman–Crippen LogP) is 11.4. The van der Waals surface area contributed by atoms with Crippen LogP contribution in [0.4, 0.5) is 0 Å². The Morgan fingerprint density at radius 1 is 0.896 bits per heavy atom. The van der Waals surface area contributed by atoms with Gasteiger partial charge in [0.25, 0.3) is 0 Å². The van der Waals surface area contributed by atoms with Gasteiger partial charge in [-0.3, -0.25) is 0 Å². The zero-order valence-corrected chi connectivity index (χ0v) is 34.4. The van der Waals surface area contributed by atoms with E-state index in [0.29, 0.717) is 18.6 Å². The molecule has 0 aromatic heterocycles. The molecule has 7 heteroatoms. The molecule has 0 spiro atoms. The van der Waals surface area contributed by atoms with Crippen LogP contribution < -0.4 is 0 Å². The number of benzene rings is 2. The lowest BCUT2D eigenvalue weighted by atomic mass is 9.83. The number of unbranched alkanes of at least 4 members (excludes halogenated alkanes) is 2. The number of carbonyl (C=O) groups is 1. The van der Waals surface area contributed by atoms with Gasteiger partial charge in [-0.2, -0.15) is 0 Å². The number of rotatable bonds is 16. The van der Waals surface area contributed by atoms with Gasteiger partial charge in [0, 0.05) is 5.92 Å². The summed E-state index contributed by atoms with van der Waals surface area (Å²) < 4.78 is 19.4. The number of ether oxygens (including phenoxy) is 1. The van der Waals surface area contributed by atoms with Crippen molar-refractivity contribution in [3.05, 3.63) is 70.8 Å². The van der Waals surface area contributed by atoms with Gasteiger partial charge >= 0.3 is 5.97 Å². The molecule has 1 aliphatic carbocycles. The lowest BCUT2D eigenvalue weighted by Crippen LogP contribution is -2.44. The number of aliphatic hydroxyl groups is 1. The van der Waals surface area contributed by atoms with Crippen molar-refractivity contribution < 1.29 is 23.5 Å². The monoisotopic (exact) mass is 696 g/mol. The number of carbonyl (C=O) groups excluding carboxylic acids is 1. The van der Waals surface area contributed by atoms with E-state index in [9.17, 15) is 9.90 Å². The van der Waals surface area contributed by atoms with Crippen molar-refractivity contribution in [1.29, 1.82) is 0 Å². The Morgan fingerprint density at radius 3 is 2.12 bits per heavy atom. The molecular weight excluding hydrogens is 629 g/mol. The average molecular weight is 697 g/mol. The zero-order valence-electron chi connectivity index (χ0n) is 32.4. The van der Waals surface area contributed by atoms with E-state index in [1.807, 2.05) is 25.1 Å². The molecule has 2 aromatic rings. The van der Waals surface area contributed by atoms with Gasteiger partial charge in [0.2, 0.25) is 0 Å². The Bertz CT molecular complexity index is 1290. The van der Waals surface area contributed by atoms with Crippen LogP contribution in [0.1, 0.15) is 139 Å². The van der Waals surface area contributed by atoms with Crippen molar-refractivity contribution in [2.24, 2.45) is 5.92 Å². The first-order valence-corrected chi connectivity index (χ1v) is 24.5. The molecule has 5 nitrogen and oxygen atoms in total. The molecule has 1 fully saturated rings. The highest BCUT2D eigenvalue weighted by Gasteiger charge is 2.48. The molecule has 270 valence electrons. The van der Waals surface area contributed by atoms with E-state index in [2.05, 4.69) is 105 Å². The van der Waals surface area contributed by atoms with Crippen LogP contribution in [0.25, 0.3) is 0 Å². The van der Waals surface area contributed by atoms with Gasteiger partial charge in [-0.1, -0.05) is 104 Å². The third-order valence-electron chi connectivity index (χ3n) is 11.5. The normalized spacial score (nSPS) is 21.4. The van der Waals surface area contributed by atoms with Gasteiger partial charge in [0.15, 0.2) is 16.6 Å². The Kier molecular flexibility index (Phi) is 14.4. The Balaban J connectivity index is 1.89. The van der Waals surface area contributed by atoms with Gasteiger partial charge < -0.3 is 18.7 Å². The Hall–Kier alpha value is -1.78. The average Bonchev–Trinajstić information content (AvgIpc) is 3.29. The molecule has 2 unspecified atom stereocenters. The van der Waals surface area contributed by atoms with Crippen LogP contribution in [0.2, 0.25) is 36.3 Å². The minimum atomic E-state index is -2.07. The van der Waals surface area contributed by atoms with Gasteiger partial charge in [-0.05, 0) is 110 Å². The maximum Gasteiger partial charge on any atom is 0.338 e. The fourth-order valence-electron chi connectivity index (χ4n) is 6.53. The maximum atomic E-state index is 12.3. The summed E-state index contributed by atoms with van der Waals surface area (Å²) in [5.74, 6) is -0.0569. The van der Waals surface area contributed by atoms with Crippen molar-refractivity contribution in [2.45, 2.75) is 167 Å². The molecule has 3 rings (SSSR count). The van der Waals surface area contributed by atoms with Gasteiger partial charge in [-0.25, -0.2) is 4.79 Å². The molecule has 0 heterocycles. The highest BCUT2D eigenvalue weighted by Crippen LogP contribution is 2.48. The molecule has 0 amide bonds. The lowest BCUT2D eigenvalue weighted by Gasteiger charge is -2.40. The second-order valence-corrected chi connectivity index (χ2v) is 26.8. The highest BCUT2D eigenvalue weighted by atomic mass is 28.4. The number of hydrogen-bond donors (Lipinski definition) is 1. The summed E-state index contributed by atoms with van der Waals surface area (Å²) in [6.07, 6.45) is 7.61. The predicted molar refractivity (Wildman–Crippen MR) is 206 cm³/mol. The number of hydrogen-bond acceptors (Lipinski definition) is 5. The third-order valence-corrected chi connectivity index (χ3v) is 20.5. The molecule has 48 heavy (non-hydrogen) atoms. The van der Waals surface area contributed by atoms with Crippen LogP contribution in [0.15, 0.2) is 48.5 Å². The van der Waals surface area contributed by atoms with Crippen LogP contribution in [0.5, 0.6) is 0 Å². The third kappa shape index (κ3) is 10.6. The van der Waals surface area contributed by atoms with Crippen LogP contribution >= 0.6 is 0 Å². The van der Waals surface area contributed by atoms with Gasteiger partial charge in [0.1, 0.15) is 0 Å². The van der Waals surface area contributed by atoms with Crippen molar-refractivity contribution in [3.63, 3.8) is 0 Å². The molecule has 0 bridgehead atoms. The minimum absolute atomic E-state index is 0.0206. The summed E-state index contributed by atoms with van der Waals surface area (Å²) in [5, 5.41) is 11.8. The maximum absolute atomic E-state index is 12.3. The molecule has 2 aromatic carbocycles. The van der Waals surface area contributed by atoms with Crippen molar-refractivity contribution in [1.82, 2.24) is 0 Å². The second-order valence-electron chi connectivity index (χ2n) is 17.3. The topological polar surface area (TPSA) is 65.0 Å². The van der Waals surface area contributed by atoms with Crippen LogP contribution in [0.3, 0.4) is 0 Å². The summed E-state index contributed by atoms with van der Waals surface area (Å²) in [7, 11) is -4.03. The fraction of sp³-hybridized carbons (Fsp3) is 0.683. The standard InChI is InChI=1S/C41H68O5Si2/c1-13-15-16-23-36(45-47(9,10)40(3,4)5)31-24-26-32(27-25-31)38-34(35(42)29-37(38)46-48(11,12)41(6,7)8)22-18-20-30-19-17-21-33(28-30)39(43)44-14-2/h17,19,21,24-28,34-38,42H,13-16,18,20,22-23,29H2,1-12H3/t34?,35-,36?,37+,38+/m0/s1. The van der Waals surface area contributed by atoms with Crippen molar-refractivity contribution >= 4 is 22.6 Å².